The molecule has 0 atom stereocenters. The Labute approximate surface area is 135 Å². The predicted molar refractivity (Wildman–Crippen MR) is 88.7 cm³/mol. The average molecular weight is 358 g/mol. The second-order valence-corrected chi connectivity index (χ2v) is 5.49. The smallest absolute Gasteiger partial charge is 0.258 e. The quantitative estimate of drug-likeness (QED) is 0.665. The van der Waals surface area contributed by atoms with Crippen molar-refractivity contribution in [2.24, 2.45) is 0 Å². The summed E-state index contributed by atoms with van der Waals surface area (Å²) >= 11 is 3.43. The zero-order valence-corrected chi connectivity index (χ0v) is 14.8. The summed E-state index contributed by atoms with van der Waals surface area (Å²) in [4.78, 5) is 14.8. The Hall–Kier alpha value is -1.23. The van der Waals surface area contributed by atoms with Gasteiger partial charge in [0.2, 0.25) is 0 Å². The second-order valence-electron chi connectivity index (χ2n) is 4.70. The number of amides is 1. The molecule has 0 aliphatic carbocycles. The molecule has 0 bridgehead atoms. The summed E-state index contributed by atoms with van der Waals surface area (Å²) in [6.45, 7) is 4.88. The molecule has 5 heteroatoms. The number of benzene rings is 1. The van der Waals surface area contributed by atoms with E-state index >= 15 is 0 Å². The molecule has 0 fully saturated rings. The van der Waals surface area contributed by atoms with Crippen molar-refractivity contribution < 1.29 is 14.3 Å². The van der Waals surface area contributed by atoms with E-state index in [1.54, 1.807) is 26.4 Å². The van der Waals surface area contributed by atoms with Gasteiger partial charge in [0.15, 0.2) is 11.5 Å². The first kappa shape index (κ1) is 17.8. The third-order valence-electron chi connectivity index (χ3n) is 3.60. The van der Waals surface area contributed by atoms with Gasteiger partial charge in [-0.2, -0.15) is 0 Å². The van der Waals surface area contributed by atoms with Crippen molar-refractivity contribution in [2.45, 2.75) is 32.7 Å². The fourth-order valence-electron chi connectivity index (χ4n) is 2.48. The van der Waals surface area contributed by atoms with E-state index in [2.05, 4.69) is 29.8 Å². The zero-order chi connectivity index (χ0) is 15.8. The van der Waals surface area contributed by atoms with E-state index < -0.39 is 0 Å². The van der Waals surface area contributed by atoms with Gasteiger partial charge in [0.1, 0.15) is 0 Å². The highest BCUT2D eigenvalue weighted by molar-refractivity contribution is 9.09. The van der Waals surface area contributed by atoms with Crippen LogP contribution in [0.15, 0.2) is 18.2 Å². The van der Waals surface area contributed by atoms with Gasteiger partial charge in [0.05, 0.1) is 19.8 Å². The van der Waals surface area contributed by atoms with Gasteiger partial charge in [-0.15, -0.1) is 0 Å². The molecule has 21 heavy (non-hydrogen) atoms. The Balaban J connectivity index is 3.20. The molecule has 0 saturated heterocycles. The van der Waals surface area contributed by atoms with E-state index in [9.17, 15) is 4.79 Å². The van der Waals surface area contributed by atoms with Crippen LogP contribution in [0.2, 0.25) is 0 Å². The first-order valence-corrected chi connectivity index (χ1v) is 8.34. The number of para-hydroxylation sites is 1. The van der Waals surface area contributed by atoms with Crippen molar-refractivity contribution in [3.8, 4) is 11.5 Å². The maximum atomic E-state index is 12.9. The van der Waals surface area contributed by atoms with Crippen molar-refractivity contribution in [3.05, 3.63) is 23.8 Å². The number of halogens is 1. The normalized spacial score (nSPS) is 10.6. The molecule has 1 aromatic rings. The molecule has 0 radical (unpaired) electrons. The summed E-state index contributed by atoms with van der Waals surface area (Å²) in [6, 6.07) is 5.62. The number of carbonyl (C=O) groups is 1. The van der Waals surface area contributed by atoms with Crippen LogP contribution in [-0.4, -0.2) is 42.9 Å². The Morgan fingerprint density at radius 3 is 2.38 bits per heavy atom. The van der Waals surface area contributed by atoms with Crippen molar-refractivity contribution in [2.75, 3.05) is 26.1 Å². The van der Waals surface area contributed by atoms with Crippen molar-refractivity contribution >= 4 is 21.8 Å². The first-order valence-electron chi connectivity index (χ1n) is 7.22. The number of methoxy groups -OCH3 is 2. The molecule has 0 N–H and O–H groups in total. The number of rotatable bonds is 8. The van der Waals surface area contributed by atoms with E-state index in [1.165, 1.54) is 0 Å². The molecule has 1 amide bonds. The molecule has 0 spiro atoms. The fraction of sp³-hybridized carbons (Fsp3) is 0.562. The number of ether oxygens (including phenoxy) is 2. The zero-order valence-electron chi connectivity index (χ0n) is 13.2. The molecule has 118 valence electrons. The summed E-state index contributed by atoms with van der Waals surface area (Å²) in [5.74, 6) is 1.06. The molecule has 1 aromatic carbocycles. The number of hydrogen-bond acceptors (Lipinski definition) is 3. The molecular weight excluding hydrogens is 334 g/mol. The van der Waals surface area contributed by atoms with Crippen LogP contribution in [0.4, 0.5) is 0 Å². The maximum absolute atomic E-state index is 12.9. The van der Waals surface area contributed by atoms with Gasteiger partial charge in [-0.1, -0.05) is 35.8 Å². The highest BCUT2D eigenvalue weighted by atomic mass is 79.9. The van der Waals surface area contributed by atoms with Crippen LogP contribution >= 0.6 is 15.9 Å². The summed E-state index contributed by atoms with van der Waals surface area (Å²) in [7, 11) is 3.13. The van der Waals surface area contributed by atoms with Gasteiger partial charge in [-0.3, -0.25) is 4.79 Å². The Bertz CT molecular complexity index is 461. The third-order valence-corrected chi connectivity index (χ3v) is 3.96. The lowest BCUT2D eigenvalue weighted by Gasteiger charge is -2.30. The lowest BCUT2D eigenvalue weighted by Crippen LogP contribution is -2.41. The van der Waals surface area contributed by atoms with E-state index in [4.69, 9.17) is 9.47 Å². The van der Waals surface area contributed by atoms with Crippen LogP contribution in [0.5, 0.6) is 11.5 Å². The molecule has 1 rings (SSSR count). The Morgan fingerprint density at radius 2 is 1.90 bits per heavy atom. The minimum Gasteiger partial charge on any atom is -0.493 e. The molecule has 0 unspecified atom stereocenters. The molecule has 0 saturated carbocycles. The van der Waals surface area contributed by atoms with Crippen LogP contribution < -0.4 is 9.47 Å². The minimum atomic E-state index is -0.0149. The number of carbonyl (C=O) groups excluding carboxylic acids is 1. The van der Waals surface area contributed by atoms with Gasteiger partial charge in [-0.25, -0.2) is 0 Å². The number of nitrogens with zero attached hydrogens (tertiary/aromatic N) is 1. The van der Waals surface area contributed by atoms with Gasteiger partial charge in [-0.05, 0) is 25.0 Å². The largest absolute Gasteiger partial charge is 0.493 e. The maximum Gasteiger partial charge on any atom is 0.258 e. The van der Waals surface area contributed by atoms with E-state index in [-0.39, 0.29) is 11.9 Å². The molecular formula is C16H24BrNO3. The van der Waals surface area contributed by atoms with E-state index in [0.29, 0.717) is 23.6 Å². The summed E-state index contributed by atoms with van der Waals surface area (Å²) in [5, 5.41) is 0.752. The standard InChI is InChI=1S/C16H24BrNO3/c1-5-12(6-2)18(11-10-17)16(19)13-8-7-9-14(20-3)15(13)21-4/h7-9,12H,5-6,10-11H2,1-4H3. The van der Waals surface area contributed by atoms with Crippen LogP contribution in [-0.2, 0) is 0 Å². The van der Waals surface area contributed by atoms with Gasteiger partial charge in [0, 0.05) is 17.9 Å². The van der Waals surface area contributed by atoms with Gasteiger partial charge in [0.25, 0.3) is 5.91 Å². The monoisotopic (exact) mass is 357 g/mol. The summed E-state index contributed by atoms with van der Waals surface area (Å²) in [6.07, 6.45) is 1.86. The lowest BCUT2D eigenvalue weighted by atomic mass is 10.1. The lowest BCUT2D eigenvalue weighted by molar-refractivity contribution is 0.0679. The fourth-order valence-corrected chi connectivity index (χ4v) is 2.86. The Morgan fingerprint density at radius 1 is 1.24 bits per heavy atom. The van der Waals surface area contributed by atoms with Crippen LogP contribution in [0.25, 0.3) is 0 Å². The van der Waals surface area contributed by atoms with Gasteiger partial charge < -0.3 is 14.4 Å². The molecule has 0 aromatic heterocycles. The molecule has 0 heterocycles. The van der Waals surface area contributed by atoms with E-state index in [1.807, 2.05) is 11.0 Å². The van der Waals surface area contributed by atoms with Crippen molar-refractivity contribution in [1.82, 2.24) is 4.90 Å². The third kappa shape index (κ3) is 4.13. The SMILES string of the molecule is CCC(CC)N(CCBr)C(=O)c1cccc(OC)c1OC. The molecule has 0 aliphatic heterocycles. The average Bonchev–Trinajstić information content (AvgIpc) is 2.53. The second kappa shape index (κ2) is 8.93. The van der Waals surface area contributed by atoms with Crippen molar-refractivity contribution in [1.29, 1.82) is 0 Å². The van der Waals surface area contributed by atoms with E-state index in [0.717, 1.165) is 18.2 Å². The topological polar surface area (TPSA) is 38.8 Å². The van der Waals surface area contributed by atoms with Crippen LogP contribution in [0.3, 0.4) is 0 Å². The predicted octanol–water partition coefficient (Wildman–Crippen LogP) is 3.73. The van der Waals surface area contributed by atoms with Crippen molar-refractivity contribution in [3.63, 3.8) is 0 Å². The summed E-state index contributed by atoms with van der Waals surface area (Å²) < 4.78 is 10.7. The number of alkyl halides is 1. The van der Waals surface area contributed by atoms with Gasteiger partial charge >= 0.3 is 0 Å². The highest BCUT2D eigenvalue weighted by Crippen LogP contribution is 2.32. The Kier molecular flexibility index (Phi) is 7.57. The number of hydrogen-bond donors (Lipinski definition) is 0. The molecule has 4 nitrogen and oxygen atoms in total. The first-order chi connectivity index (χ1) is 10.1. The van der Waals surface area contributed by atoms with Crippen LogP contribution in [0, 0.1) is 0 Å². The molecule has 0 aliphatic rings. The summed E-state index contributed by atoms with van der Waals surface area (Å²) in [5.41, 5.74) is 0.546. The minimum absolute atomic E-state index is 0.0149. The highest BCUT2D eigenvalue weighted by Gasteiger charge is 2.25. The van der Waals surface area contributed by atoms with Crippen LogP contribution in [0.1, 0.15) is 37.0 Å².